The van der Waals surface area contributed by atoms with Crippen LogP contribution in [0, 0.1) is 17.8 Å². The maximum Gasteiger partial charge on any atom is 0.0583 e. The third-order valence-electron chi connectivity index (χ3n) is 5.52. The number of nitrogens with zero attached hydrogens (tertiary/aromatic N) is 1. The Balaban J connectivity index is 1.51. The molecular formula is C16H30N2O2. The van der Waals surface area contributed by atoms with Crippen molar-refractivity contribution in [3.05, 3.63) is 0 Å². The molecule has 0 radical (unpaired) electrons. The highest BCUT2D eigenvalue weighted by Gasteiger charge is 2.42. The SMILES string of the molecule is CCCNC1CCOCC1CN1CC2CCC(O)C2C1. The van der Waals surface area contributed by atoms with E-state index in [1.807, 2.05) is 0 Å². The second-order valence-corrected chi connectivity index (χ2v) is 6.97. The van der Waals surface area contributed by atoms with Crippen LogP contribution in [-0.2, 0) is 4.74 Å². The van der Waals surface area contributed by atoms with E-state index >= 15 is 0 Å². The predicted molar refractivity (Wildman–Crippen MR) is 79.7 cm³/mol. The van der Waals surface area contributed by atoms with Crippen molar-refractivity contribution in [1.82, 2.24) is 10.2 Å². The molecule has 0 amide bonds. The van der Waals surface area contributed by atoms with Crippen LogP contribution in [0.2, 0.25) is 0 Å². The Morgan fingerprint density at radius 3 is 2.95 bits per heavy atom. The van der Waals surface area contributed by atoms with Gasteiger partial charge in [0, 0.05) is 44.1 Å². The molecule has 0 spiro atoms. The van der Waals surface area contributed by atoms with Gasteiger partial charge in [0.2, 0.25) is 0 Å². The Labute approximate surface area is 122 Å². The zero-order chi connectivity index (χ0) is 13.9. The number of rotatable bonds is 5. The summed E-state index contributed by atoms with van der Waals surface area (Å²) in [6.45, 7) is 8.58. The fourth-order valence-corrected chi connectivity index (χ4v) is 4.38. The molecule has 5 unspecified atom stereocenters. The molecule has 2 aliphatic heterocycles. The molecule has 5 atom stereocenters. The van der Waals surface area contributed by atoms with Crippen molar-refractivity contribution in [1.29, 1.82) is 0 Å². The molecule has 20 heavy (non-hydrogen) atoms. The number of hydrogen-bond acceptors (Lipinski definition) is 4. The molecule has 4 nitrogen and oxygen atoms in total. The van der Waals surface area contributed by atoms with Crippen LogP contribution < -0.4 is 5.32 Å². The van der Waals surface area contributed by atoms with E-state index in [1.165, 1.54) is 19.4 Å². The average molecular weight is 282 g/mol. The molecule has 2 saturated heterocycles. The van der Waals surface area contributed by atoms with E-state index in [-0.39, 0.29) is 6.10 Å². The van der Waals surface area contributed by atoms with Gasteiger partial charge in [0.25, 0.3) is 0 Å². The van der Waals surface area contributed by atoms with Crippen LogP contribution in [0.15, 0.2) is 0 Å². The summed E-state index contributed by atoms with van der Waals surface area (Å²) in [6, 6.07) is 0.620. The van der Waals surface area contributed by atoms with Crippen LogP contribution in [0.25, 0.3) is 0 Å². The minimum absolute atomic E-state index is 0.0402. The lowest BCUT2D eigenvalue weighted by atomic mass is 9.95. The van der Waals surface area contributed by atoms with Crippen LogP contribution in [0.3, 0.4) is 0 Å². The Morgan fingerprint density at radius 1 is 1.25 bits per heavy atom. The van der Waals surface area contributed by atoms with E-state index in [2.05, 4.69) is 17.1 Å². The Hall–Kier alpha value is -0.160. The lowest BCUT2D eigenvalue weighted by molar-refractivity contribution is 0.0175. The smallest absolute Gasteiger partial charge is 0.0583 e. The minimum Gasteiger partial charge on any atom is -0.393 e. The molecule has 0 aromatic heterocycles. The molecule has 3 aliphatic rings. The summed E-state index contributed by atoms with van der Waals surface area (Å²) in [5.41, 5.74) is 0. The number of likely N-dealkylation sites (tertiary alicyclic amines) is 1. The van der Waals surface area contributed by atoms with Crippen molar-refractivity contribution in [3.8, 4) is 0 Å². The summed E-state index contributed by atoms with van der Waals surface area (Å²) in [5, 5.41) is 13.7. The van der Waals surface area contributed by atoms with Crippen molar-refractivity contribution in [2.45, 2.75) is 44.8 Å². The number of aliphatic hydroxyl groups is 1. The van der Waals surface area contributed by atoms with Crippen molar-refractivity contribution in [3.63, 3.8) is 0 Å². The van der Waals surface area contributed by atoms with Gasteiger partial charge in [0.15, 0.2) is 0 Å². The highest BCUT2D eigenvalue weighted by Crippen LogP contribution is 2.38. The van der Waals surface area contributed by atoms with Crippen molar-refractivity contribution >= 4 is 0 Å². The summed E-state index contributed by atoms with van der Waals surface area (Å²) in [6.07, 6.45) is 4.55. The van der Waals surface area contributed by atoms with Crippen LogP contribution >= 0.6 is 0 Å². The highest BCUT2D eigenvalue weighted by molar-refractivity contribution is 4.95. The normalized spacial score (nSPS) is 42.0. The maximum atomic E-state index is 10.0. The lowest BCUT2D eigenvalue weighted by Crippen LogP contribution is -2.47. The van der Waals surface area contributed by atoms with Gasteiger partial charge in [0.1, 0.15) is 0 Å². The first kappa shape index (κ1) is 14.8. The van der Waals surface area contributed by atoms with Gasteiger partial charge in [-0.25, -0.2) is 0 Å². The highest BCUT2D eigenvalue weighted by atomic mass is 16.5. The molecule has 116 valence electrons. The fourth-order valence-electron chi connectivity index (χ4n) is 4.38. The lowest BCUT2D eigenvalue weighted by Gasteiger charge is -2.35. The number of hydrogen-bond donors (Lipinski definition) is 2. The zero-order valence-corrected chi connectivity index (χ0v) is 12.8. The number of nitrogens with one attached hydrogen (secondary N) is 1. The standard InChI is InChI=1S/C16H30N2O2/c1-2-6-17-15-5-7-20-11-13(15)9-18-8-12-3-4-16(19)14(12)10-18/h12-17,19H,2-11H2,1H3. The predicted octanol–water partition coefficient (Wildman–Crippen LogP) is 1.09. The van der Waals surface area contributed by atoms with Gasteiger partial charge in [-0.3, -0.25) is 0 Å². The second-order valence-electron chi connectivity index (χ2n) is 6.97. The molecule has 1 saturated carbocycles. The van der Waals surface area contributed by atoms with E-state index in [0.29, 0.717) is 17.9 Å². The molecule has 2 N–H and O–H groups in total. The molecule has 2 heterocycles. The second kappa shape index (κ2) is 6.73. The van der Waals surface area contributed by atoms with Crippen LogP contribution in [0.4, 0.5) is 0 Å². The quantitative estimate of drug-likeness (QED) is 0.792. The first-order valence-corrected chi connectivity index (χ1v) is 8.49. The molecule has 3 rings (SSSR count). The van der Waals surface area contributed by atoms with Gasteiger partial charge >= 0.3 is 0 Å². The Morgan fingerprint density at radius 2 is 2.15 bits per heavy atom. The molecule has 1 aliphatic carbocycles. The minimum atomic E-state index is -0.0402. The zero-order valence-electron chi connectivity index (χ0n) is 12.8. The average Bonchev–Trinajstić information content (AvgIpc) is 3.00. The number of fused-ring (bicyclic) bond motifs is 1. The largest absolute Gasteiger partial charge is 0.393 e. The van der Waals surface area contributed by atoms with Gasteiger partial charge in [-0.15, -0.1) is 0 Å². The molecule has 0 bridgehead atoms. The van der Waals surface area contributed by atoms with Gasteiger partial charge in [-0.05, 0) is 38.1 Å². The van der Waals surface area contributed by atoms with E-state index in [1.54, 1.807) is 0 Å². The monoisotopic (exact) mass is 282 g/mol. The first-order chi connectivity index (χ1) is 9.78. The summed E-state index contributed by atoms with van der Waals surface area (Å²) in [5.74, 6) is 1.91. The third-order valence-corrected chi connectivity index (χ3v) is 5.52. The van der Waals surface area contributed by atoms with Crippen molar-refractivity contribution in [2.75, 3.05) is 39.4 Å². The molecule has 4 heteroatoms. The van der Waals surface area contributed by atoms with Crippen LogP contribution in [-0.4, -0.2) is 61.5 Å². The van der Waals surface area contributed by atoms with E-state index < -0.39 is 0 Å². The summed E-state index contributed by atoms with van der Waals surface area (Å²) >= 11 is 0. The van der Waals surface area contributed by atoms with Gasteiger partial charge in [-0.1, -0.05) is 6.92 Å². The van der Waals surface area contributed by atoms with Crippen LogP contribution in [0.5, 0.6) is 0 Å². The number of ether oxygens (including phenoxy) is 1. The van der Waals surface area contributed by atoms with Crippen molar-refractivity contribution in [2.24, 2.45) is 17.8 Å². The van der Waals surface area contributed by atoms with Crippen molar-refractivity contribution < 1.29 is 9.84 Å². The third kappa shape index (κ3) is 3.19. The first-order valence-electron chi connectivity index (χ1n) is 8.49. The van der Waals surface area contributed by atoms with E-state index in [4.69, 9.17) is 4.74 Å². The van der Waals surface area contributed by atoms with Crippen LogP contribution in [0.1, 0.15) is 32.6 Å². The summed E-state index contributed by atoms with van der Waals surface area (Å²) in [7, 11) is 0. The van der Waals surface area contributed by atoms with Gasteiger partial charge in [-0.2, -0.15) is 0 Å². The fraction of sp³-hybridized carbons (Fsp3) is 1.00. The molecule has 0 aromatic carbocycles. The van der Waals surface area contributed by atoms with Gasteiger partial charge < -0.3 is 20.1 Å². The Bertz CT molecular complexity index is 313. The van der Waals surface area contributed by atoms with Gasteiger partial charge in [0.05, 0.1) is 12.7 Å². The molecule has 0 aromatic rings. The number of aliphatic hydroxyl groups excluding tert-OH is 1. The van der Waals surface area contributed by atoms with E-state index in [9.17, 15) is 5.11 Å². The topological polar surface area (TPSA) is 44.7 Å². The summed E-state index contributed by atoms with van der Waals surface area (Å²) < 4.78 is 5.70. The molecule has 3 fully saturated rings. The molecular weight excluding hydrogens is 252 g/mol. The summed E-state index contributed by atoms with van der Waals surface area (Å²) in [4.78, 5) is 2.58. The maximum absolute atomic E-state index is 10.0. The Kier molecular flexibility index (Phi) is 4.97. The van der Waals surface area contributed by atoms with E-state index in [0.717, 1.165) is 51.6 Å².